The Bertz CT molecular complexity index is 1090. The smallest absolute Gasteiger partial charge is 0.387 e. The number of hydrogen-bond donors (Lipinski definition) is 1. The number of ether oxygens (including phenoxy) is 2. The number of benzene rings is 2. The molecule has 0 unspecified atom stereocenters. The molecule has 4 rings (SSSR count). The molecule has 1 aliphatic rings. The molecule has 0 atom stereocenters. The van der Waals surface area contributed by atoms with Crippen molar-refractivity contribution >= 4 is 5.97 Å². The van der Waals surface area contributed by atoms with Crippen molar-refractivity contribution in [2.75, 3.05) is 13.1 Å². The number of aromatic nitrogens is 2. The first-order valence-corrected chi connectivity index (χ1v) is 10.5. The second-order valence-electron chi connectivity index (χ2n) is 7.67. The van der Waals surface area contributed by atoms with Gasteiger partial charge in [-0.15, -0.1) is 0 Å². The van der Waals surface area contributed by atoms with Gasteiger partial charge in [-0.05, 0) is 42.0 Å². The molecule has 0 saturated heterocycles. The van der Waals surface area contributed by atoms with E-state index in [0.717, 1.165) is 35.3 Å². The zero-order chi connectivity index (χ0) is 23.2. The summed E-state index contributed by atoms with van der Waals surface area (Å²) in [4.78, 5) is 22.1. The molecule has 0 spiro atoms. The van der Waals surface area contributed by atoms with Gasteiger partial charge in [0.2, 0.25) is 0 Å². The number of hydrogen-bond acceptors (Lipinski definition) is 6. The van der Waals surface area contributed by atoms with Crippen LogP contribution in [-0.2, 0) is 24.4 Å². The summed E-state index contributed by atoms with van der Waals surface area (Å²) >= 11 is 0. The Balaban J connectivity index is 1.34. The maximum absolute atomic E-state index is 12.2. The van der Waals surface area contributed by atoms with Gasteiger partial charge in [0.1, 0.15) is 18.1 Å². The fourth-order valence-electron chi connectivity index (χ4n) is 3.59. The lowest BCUT2D eigenvalue weighted by molar-refractivity contribution is -0.137. The van der Waals surface area contributed by atoms with E-state index in [-0.39, 0.29) is 12.2 Å². The average Bonchev–Trinajstić information content (AvgIpc) is 2.82. The van der Waals surface area contributed by atoms with Gasteiger partial charge in [0.25, 0.3) is 0 Å². The molecule has 1 N–H and O–H groups in total. The Labute approximate surface area is 189 Å². The van der Waals surface area contributed by atoms with Gasteiger partial charge in [-0.25, -0.2) is 9.97 Å². The van der Waals surface area contributed by atoms with E-state index in [1.165, 1.54) is 12.1 Å². The molecule has 9 heteroatoms. The zero-order valence-electron chi connectivity index (χ0n) is 17.8. The minimum absolute atomic E-state index is 0.108. The highest BCUT2D eigenvalue weighted by molar-refractivity contribution is 5.66. The maximum Gasteiger partial charge on any atom is 0.387 e. The van der Waals surface area contributed by atoms with Gasteiger partial charge in [0.05, 0.1) is 12.1 Å². The molecule has 2 aromatic carbocycles. The molecule has 3 aromatic rings. The second kappa shape index (κ2) is 10.4. The number of alkyl halides is 2. The van der Waals surface area contributed by atoms with Crippen LogP contribution in [0.3, 0.4) is 0 Å². The molecule has 0 bridgehead atoms. The zero-order valence-corrected chi connectivity index (χ0v) is 17.8. The Kier molecular flexibility index (Phi) is 7.09. The van der Waals surface area contributed by atoms with E-state index in [1.54, 1.807) is 12.1 Å². The Hall–Kier alpha value is -3.59. The topological polar surface area (TPSA) is 84.8 Å². The predicted molar refractivity (Wildman–Crippen MR) is 116 cm³/mol. The third-order valence-corrected chi connectivity index (χ3v) is 5.32. The molecule has 0 saturated carbocycles. The first-order valence-electron chi connectivity index (χ1n) is 10.5. The summed E-state index contributed by atoms with van der Waals surface area (Å²) in [7, 11) is 0. The number of halogens is 2. The van der Waals surface area contributed by atoms with E-state index in [2.05, 4.69) is 14.6 Å². The van der Waals surface area contributed by atoms with Gasteiger partial charge >= 0.3 is 12.6 Å². The summed E-state index contributed by atoms with van der Waals surface area (Å²) in [5.41, 5.74) is 3.72. The van der Waals surface area contributed by atoms with E-state index in [4.69, 9.17) is 14.8 Å². The molecule has 2 heterocycles. The minimum atomic E-state index is -2.84. The van der Waals surface area contributed by atoms with E-state index < -0.39 is 12.6 Å². The van der Waals surface area contributed by atoms with Crippen molar-refractivity contribution in [2.45, 2.75) is 32.6 Å². The molecule has 0 fully saturated rings. The molecular weight excluding hydrogens is 432 g/mol. The Morgan fingerprint density at radius 3 is 2.52 bits per heavy atom. The van der Waals surface area contributed by atoms with Crippen LogP contribution in [0, 0.1) is 0 Å². The molecular formula is C24H23F2N3O4. The second-order valence-corrected chi connectivity index (χ2v) is 7.67. The highest BCUT2D eigenvalue weighted by Gasteiger charge is 2.19. The van der Waals surface area contributed by atoms with E-state index >= 15 is 0 Å². The van der Waals surface area contributed by atoms with E-state index in [0.29, 0.717) is 31.3 Å². The lowest BCUT2D eigenvalue weighted by Crippen LogP contribution is -2.33. The van der Waals surface area contributed by atoms with Crippen LogP contribution in [0.5, 0.6) is 11.5 Å². The SMILES string of the molecule is O=C(O)CCN1CCc2nc(-c3ccc(OCc4ccc(OC(F)F)cc4)cc3)ncc2C1. The monoisotopic (exact) mass is 455 g/mol. The molecule has 7 nitrogen and oxygen atoms in total. The van der Waals surface area contributed by atoms with Crippen LogP contribution in [-0.4, -0.2) is 45.6 Å². The molecule has 0 amide bonds. The normalized spacial score (nSPS) is 13.5. The molecule has 0 radical (unpaired) electrons. The highest BCUT2D eigenvalue weighted by Crippen LogP contribution is 2.24. The maximum atomic E-state index is 12.2. The van der Waals surface area contributed by atoms with E-state index in [1.807, 2.05) is 30.5 Å². The summed E-state index contributed by atoms with van der Waals surface area (Å²) in [6, 6.07) is 13.8. The van der Waals surface area contributed by atoms with Crippen molar-refractivity contribution in [2.24, 2.45) is 0 Å². The summed E-state index contributed by atoms with van der Waals surface area (Å²) in [6.07, 6.45) is 2.70. The molecule has 0 aliphatic carbocycles. The third kappa shape index (κ3) is 6.23. The van der Waals surface area contributed by atoms with Crippen LogP contribution >= 0.6 is 0 Å². The van der Waals surface area contributed by atoms with Crippen LogP contribution in [0.25, 0.3) is 11.4 Å². The van der Waals surface area contributed by atoms with Crippen LogP contribution in [0.15, 0.2) is 54.7 Å². The summed E-state index contributed by atoms with van der Waals surface area (Å²) in [6.45, 7) is -0.597. The fraction of sp³-hybridized carbons (Fsp3) is 0.292. The van der Waals surface area contributed by atoms with Gasteiger partial charge in [-0.1, -0.05) is 12.1 Å². The number of aliphatic carboxylic acids is 1. The number of carbonyl (C=O) groups is 1. The lowest BCUT2D eigenvalue weighted by Gasteiger charge is -2.27. The van der Waals surface area contributed by atoms with Gasteiger partial charge in [0.15, 0.2) is 5.82 Å². The summed E-state index contributed by atoms with van der Waals surface area (Å²) < 4.78 is 34.5. The Morgan fingerprint density at radius 1 is 1.09 bits per heavy atom. The number of rotatable bonds is 9. The molecule has 1 aliphatic heterocycles. The minimum Gasteiger partial charge on any atom is -0.489 e. The molecule has 172 valence electrons. The number of nitrogens with zero attached hydrogens (tertiary/aromatic N) is 3. The highest BCUT2D eigenvalue weighted by atomic mass is 19.3. The van der Waals surface area contributed by atoms with Crippen molar-refractivity contribution in [3.63, 3.8) is 0 Å². The lowest BCUT2D eigenvalue weighted by atomic mass is 10.1. The first-order chi connectivity index (χ1) is 16.0. The number of carboxylic acid groups (broad SMARTS) is 1. The Morgan fingerprint density at radius 2 is 1.82 bits per heavy atom. The van der Waals surface area contributed by atoms with Crippen LogP contribution in [0.2, 0.25) is 0 Å². The van der Waals surface area contributed by atoms with Crippen LogP contribution in [0.4, 0.5) is 8.78 Å². The van der Waals surface area contributed by atoms with Crippen LogP contribution in [0.1, 0.15) is 23.2 Å². The predicted octanol–water partition coefficient (Wildman–Crippen LogP) is 4.16. The van der Waals surface area contributed by atoms with Gasteiger partial charge in [-0.3, -0.25) is 9.69 Å². The van der Waals surface area contributed by atoms with Gasteiger partial charge in [-0.2, -0.15) is 8.78 Å². The molecule has 1 aromatic heterocycles. The average molecular weight is 455 g/mol. The largest absolute Gasteiger partial charge is 0.489 e. The number of carboxylic acids is 1. The first kappa shape index (κ1) is 22.6. The van der Waals surface area contributed by atoms with Crippen molar-refractivity contribution in [1.29, 1.82) is 0 Å². The number of fused-ring (bicyclic) bond motifs is 1. The van der Waals surface area contributed by atoms with Gasteiger partial charge < -0.3 is 14.6 Å². The van der Waals surface area contributed by atoms with Crippen LogP contribution < -0.4 is 9.47 Å². The van der Waals surface area contributed by atoms with Crippen molar-refractivity contribution in [3.8, 4) is 22.9 Å². The standard InChI is InChI=1S/C24H23F2N3O4/c25-24(26)33-20-5-1-16(2-6-20)15-32-19-7-3-17(4-8-19)23-27-13-18-14-29(12-10-22(30)31)11-9-21(18)28-23/h1-8,13,24H,9-12,14-15H2,(H,30,31). The fourth-order valence-corrected chi connectivity index (χ4v) is 3.59. The molecule has 33 heavy (non-hydrogen) atoms. The summed E-state index contributed by atoms with van der Waals surface area (Å²) in [5.74, 6) is 0.612. The summed E-state index contributed by atoms with van der Waals surface area (Å²) in [5, 5.41) is 8.86. The van der Waals surface area contributed by atoms with Crippen molar-refractivity contribution in [1.82, 2.24) is 14.9 Å². The van der Waals surface area contributed by atoms with E-state index in [9.17, 15) is 13.6 Å². The van der Waals surface area contributed by atoms with Crippen molar-refractivity contribution < 1.29 is 28.2 Å². The van der Waals surface area contributed by atoms with Crippen molar-refractivity contribution in [3.05, 3.63) is 71.5 Å². The quantitative estimate of drug-likeness (QED) is 0.519. The third-order valence-electron chi connectivity index (χ3n) is 5.32. The van der Waals surface area contributed by atoms with Gasteiger partial charge in [0, 0.05) is 43.4 Å².